The maximum Gasteiger partial charge on any atom is 0.321 e. The van der Waals surface area contributed by atoms with Crippen LogP contribution < -0.4 is 21.1 Å². The summed E-state index contributed by atoms with van der Waals surface area (Å²) in [5.41, 5.74) is 9.29. The second-order valence-electron chi connectivity index (χ2n) is 7.34. The molecule has 2 heterocycles. The van der Waals surface area contributed by atoms with Crippen LogP contribution in [0.25, 0.3) is 11.1 Å². The zero-order chi connectivity index (χ0) is 23.0. The second-order valence-corrected chi connectivity index (χ2v) is 7.34. The summed E-state index contributed by atoms with van der Waals surface area (Å²) < 4.78 is 10.6. The van der Waals surface area contributed by atoms with Crippen molar-refractivity contribution >= 4 is 29.2 Å². The lowest BCUT2D eigenvalue weighted by Gasteiger charge is -2.27. The van der Waals surface area contributed by atoms with Crippen LogP contribution in [0.3, 0.4) is 0 Å². The molecule has 1 aliphatic heterocycles. The predicted octanol–water partition coefficient (Wildman–Crippen LogP) is 3.68. The molecule has 33 heavy (non-hydrogen) atoms. The summed E-state index contributed by atoms with van der Waals surface area (Å²) in [6.07, 6.45) is 1.72. The average Bonchev–Trinajstić information content (AvgIpc) is 2.85. The Kier molecular flexibility index (Phi) is 7.01. The van der Waals surface area contributed by atoms with Gasteiger partial charge in [0, 0.05) is 30.5 Å². The third kappa shape index (κ3) is 5.78. The number of para-hydroxylation sites is 2. The second kappa shape index (κ2) is 10.5. The van der Waals surface area contributed by atoms with E-state index in [9.17, 15) is 4.79 Å². The number of guanidine groups is 1. The van der Waals surface area contributed by atoms with Crippen LogP contribution in [0.4, 0.5) is 22.0 Å². The van der Waals surface area contributed by atoms with E-state index in [1.165, 1.54) is 0 Å². The highest BCUT2D eigenvalue weighted by molar-refractivity contribution is 5.95. The van der Waals surface area contributed by atoms with Gasteiger partial charge in [0.05, 0.1) is 26.0 Å². The first-order valence-electron chi connectivity index (χ1n) is 10.6. The monoisotopic (exact) mass is 446 g/mol. The van der Waals surface area contributed by atoms with Crippen LogP contribution in [0.2, 0.25) is 0 Å². The Hall–Kier alpha value is -4.11. The number of aromatic nitrogens is 1. The van der Waals surface area contributed by atoms with E-state index in [0.29, 0.717) is 43.6 Å². The number of rotatable bonds is 5. The van der Waals surface area contributed by atoms with Crippen molar-refractivity contribution in [2.24, 2.45) is 10.7 Å². The zero-order valence-corrected chi connectivity index (χ0v) is 18.3. The van der Waals surface area contributed by atoms with Crippen LogP contribution in [0, 0.1) is 0 Å². The molecule has 3 aromatic rings. The van der Waals surface area contributed by atoms with Gasteiger partial charge in [-0.1, -0.05) is 24.3 Å². The lowest BCUT2D eigenvalue weighted by Crippen LogP contribution is -2.43. The van der Waals surface area contributed by atoms with Gasteiger partial charge in [0.2, 0.25) is 0 Å². The van der Waals surface area contributed by atoms with E-state index >= 15 is 0 Å². The van der Waals surface area contributed by atoms with E-state index in [4.69, 9.17) is 15.2 Å². The van der Waals surface area contributed by atoms with Gasteiger partial charge in [-0.15, -0.1) is 0 Å². The summed E-state index contributed by atoms with van der Waals surface area (Å²) in [5, 5.41) is 5.97. The number of amides is 2. The van der Waals surface area contributed by atoms with Gasteiger partial charge in [-0.25, -0.2) is 9.78 Å². The van der Waals surface area contributed by atoms with Gasteiger partial charge in [0.25, 0.3) is 0 Å². The lowest BCUT2D eigenvalue weighted by molar-refractivity contribution is 0.0564. The van der Waals surface area contributed by atoms with Crippen LogP contribution >= 0.6 is 0 Å². The molecule has 0 unspecified atom stereocenters. The number of benzene rings is 2. The Morgan fingerprint density at radius 3 is 2.64 bits per heavy atom. The van der Waals surface area contributed by atoms with E-state index in [0.717, 1.165) is 16.8 Å². The van der Waals surface area contributed by atoms with Crippen LogP contribution in [0.15, 0.2) is 71.9 Å². The van der Waals surface area contributed by atoms with Crippen molar-refractivity contribution in [3.63, 3.8) is 0 Å². The largest absolute Gasteiger partial charge is 0.495 e. The predicted molar refractivity (Wildman–Crippen MR) is 129 cm³/mol. The molecule has 1 aliphatic rings. The van der Waals surface area contributed by atoms with Gasteiger partial charge in [-0.2, -0.15) is 4.99 Å². The normalized spacial score (nSPS) is 14.0. The number of ether oxygens (including phenoxy) is 2. The summed E-state index contributed by atoms with van der Waals surface area (Å²) in [6, 6.07) is 18.6. The average molecular weight is 447 g/mol. The van der Waals surface area contributed by atoms with Crippen molar-refractivity contribution in [1.29, 1.82) is 0 Å². The zero-order valence-electron chi connectivity index (χ0n) is 18.3. The number of anilines is 2. The first-order chi connectivity index (χ1) is 16.1. The van der Waals surface area contributed by atoms with Crippen LogP contribution in [0.5, 0.6) is 5.75 Å². The van der Waals surface area contributed by atoms with Crippen molar-refractivity contribution in [3.05, 3.63) is 66.9 Å². The maximum atomic E-state index is 12.4. The number of hydrogen-bond acceptors (Lipinski definition) is 5. The third-order valence-corrected chi connectivity index (χ3v) is 5.10. The molecule has 0 saturated carbocycles. The van der Waals surface area contributed by atoms with Gasteiger partial charge >= 0.3 is 6.03 Å². The van der Waals surface area contributed by atoms with E-state index in [2.05, 4.69) is 20.6 Å². The number of aliphatic imine (C=N–C) groups is 1. The fraction of sp³-hybridized carbons (Fsp3) is 0.208. The van der Waals surface area contributed by atoms with Crippen molar-refractivity contribution in [2.75, 3.05) is 44.0 Å². The molecule has 0 spiro atoms. The first kappa shape index (κ1) is 22.1. The Morgan fingerprint density at radius 2 is 1.88 bits per heavy atom. The third-order valence-electron chi connectivity index (χ3n) is 5.10. The van der Waals surface area contributed by atoms with Crippen molar-refractivity contribution in [2.45, 2.75) is 0 Å². The van der Waals surface area contributed by atoms with Crippen LogP contribution in [-0.4, -0.2) is 55.3 Å². The molecule has 170 valence electrons. The van der Waals surface area contributed by atoms with Gasteiger partial charge < -0.3 is 30.7 Å². The van der Waals surface area contributed by atoms with Crippen molar-refractivity contribution < 1.29 is 14.3 Å². The number of carbonyl (C=O) groups excluding carboxylic acids is 1. The summed E-state index contributed by atoms with van der Waals surface area (Å²) in [4.78, 5) is 22.9. The maximum absolute atomic E-state index is 12.4. The van der Waals surface area contributed by atoms with Crippen molar-refractivity contribution in [1.82, 2.24) is 9.88 Å². The number of carbonyl (C=O) groups is 1. The van der Waals surface area contributed by atoms with Gasteiger partial charge in [0.15, 0.2) is 11.8 Å². The molecule has 0 atom stereocenters. The summed E-state index contributed by atoms with van der Waals surface area (Å²) in [5.74, 6) is 1.34. The quantitative estimate of drug-likeness (QED) is 0.407. The number of nitrogens with zero attached hydrogens (tertiary/aromatic N) is 3. The summed E-state index contributed by atoms with van der Waals surface area (Å²) in [6.45, 7) is 2.30. The van der Waals surface area contributed by atoms with E-state index in [1.54, 1.807) is 24.3 Å². The number of nitrogens with one attached hydrogen (secondary N) is 2. The number of methoxy groups -OCH3 is 1. The van der Waals surface area contributed by atoms with E-state index in [1.807, 2.05) is 54.6 Å². The molecule has 2 aromatic carbocycles. The highest BCUT2D eigenvalue weighted by atomic mass is 16.5. The van der Waals surface area contributed by atoms with E-state index < -0.39 is 0 Å². The number of morpholine rings is 1. The number of hydrogen-bond donors (Lipinski definition) is 3. The number of urea groups is 1. The van der Waals surface area contributed by atoms with E-state index in [-0.39, 0.29) is 12.0 Å². The highest BCUT2D eigenvalue weighted by Crippen LogP contribution is 2.25. The molecular weight excluding hydrogens is 420 g/mol. The molecule has 4 rings (SSSR count). The number of pyridine rings is 1. The number of nitrogens with two attached hydrogens (primary N) is 1. The first-order valence-corrected chi connectivity index (χ1v) is 10.6. The fourth-order valence-corrected chi connectivity index (χ4v) is 3.41. The minimum absolute atomic E-state index is 0.128. The summed E-state index contributed by atoms with van der Waals surface area (Å²) in [7, 11) is 1.59. The molecule has 0 radical (unpaired) electrons. The molecular formula is C24H26N6O3. The van der Waals surface area contributed by atoms with Crippen molar-refractivity contribution in [3.8, 4) is 16.9 Å². The highest BCUT2D eigenvalue weighted by Gasteiger charge is 2.16. The van der Waals surface area contributed by atoms with Gasteiger partial charge in [-0.3, -0.25) is 0 Å². The molecule has 1 aromatic heterocycles. The lowest BCUT2D eigenvalue weighted by atomic mass is 10.1. The molecule has 1 fully saturated rings. The van der Waals surface area contributed by atoms with Crippen LogP contribution in [0.1, 0.15) is 0 Å². The minimum Gasteiger partial charge on any atom is -0.495 e. The molecule has 9 heteroatoms. The van der Waals surface area contributed by atoms with Gasteiger partial charge in [-0.05, 0) is 42.0 Å². The Bertz CT molecular complexity index is 1130. The molecule has 2 amide bonds. The Morgan fingerprint density at radius 1 is 1.06 bits per heavy atom. The molecule has 0 bridgehead atoms. The molecule has 9 nitrogen and oxygen atoms in total. The molecule has 1 saturated heterocycles. The SMILES string of the molecule is COc1ccccc1NC(N)=Nc1ccc(-c2cccc(NC(=O)N3CCOCC3)c2)cn1. The fourth-order valence-electron chi connectivity index (χ4n) is 3.41. The minimum atomic E-state index is -0.128. The van der Waals surface area contributed by atoms with Crippen LogP contribution in [-0.2, 0) is 4.74 Å². The smallest absolute Gasteiger partial charge is 0.321 e. The van der Waals surface area contributed by atoms with Gasteiger partial charge in [0.1, 0.15) is 5.75 Å². The summed E-state index contributed by atoms with van der Waals surface area (Å²) >= 11 is 0. The molecule has 4 N–H and O–H groups in total. The standard InChI is InChI=1S/C24H26N6O3/c1-32-21-8-3-2-7-20(21)28-23(25)29-22-10-9-18(16-26-22)17-5-4-6-19(15-17)27-24(31)30-11-13-33-14-12-30/h2-10,15-16H,11-14H2,1H3,(H,27,31)(H3,25,26,28,29). The Balaban J connectivity index is 1.43. The topological polar surface area (TPSA) is 114 Å². The Labute approximate surface area is 192 Å². The molecule has 0 aliphatic carbocycles.